The number of benzene rings is 1. The van der Waals surface area contributed by atoms with Crippen molar-refractivity contribution in [2.24, 2.45) is 0 Å². The van der Waals surface area contributed by atoms with E-state index in [1.165, 1.54) is 0 Å². The standard InChI is InChI=1S/C10H9F3.C7H10N4O/c11-10(12,13)9-5-3-8(4-6-9)7-1-2-7;1-4-10-6(9-2)5(3-8)7(12)11-4/h3-7H,1-2H2;3,8H,1-2H3,(H2,9,10,11,12). The summed E-state index contributed by atoms with van der Waals surface area (Å²) < 4.78 is 36.4. The van der Waals surface area contributed by atoms with Gasteiger partial charge >= 0.3 is 6.18 Å². The first kappa shape index (κ1) is 18.7. The molecular weight excluding hydrogens is 333 g/mol. The molecule has 1 aromatic carbocycles. The van der Waals surface area contributed by atoms with Crippen LogP contribution in [0.1, 0.15) is 41.3 Å². The lowest BCUT2D eigenvalue weighted by Crippen LogP contribution is -2.17. The van der Waals surface area contributed by atoms with Crippen molar-refractivity contribution in [2.75, 3.05) is 12.4 Å². The normalized spacial score (nSPS) is 13.6. The van der Waals surface area contributed by atoms with Gasteiger partial charge in [0.15, 0.2) is 0 Å². The summed E-state index contributed by atoms with van der Waals surface area (Å²) in [5.41, 5.74) is 0.440. The summed E-state index contributed by atoms with van der Waals surface area (Å²) in [6.45, 7) is 1.69. The number of halogens is 3. The molecule has 3 N–H and O–H groups in total. The highest BCUT2D eigenvalue weighted by atomic mass is 19.4. The highest BCUT2D eigenvalue weighted by Gasteiger charge is 2.31. The molecule has 1 aliphatic rings. The number of H-pyrrole nitrogens is 1. The zero-order valence-electron chi connectivity index (χ0n) is 13.9. The molecule has 0 radical (unpaired) electrons. The number of nitrogens with one attached hydrogen (secondary N) is 3. The Kier molecular flexibility index (Phi) is 5.61. The molecule has 3 rings (SSSR count). The Bertz CT molecular complexity index is 793. The Morgan fingerprint density at radius 1 is 1.28 bits per heavy atom. The van der Waals surface area contributed by atoms with Gasteiger partial charge in [-0.15, -0.1) is 0 Å². The van der Waals surface area contributed by atoms with E-state index in [1.807, 2.05) is 0 Å². The van der Waals surface area contributed by atoms with Gasteiger partial charge in [-0.2, -0.15) is 13.2 Å². The van der Waals surface area contributed by atoms with Crippen LogP contribution in [0.3, 0.4) is 0 Å². The number of anilines is 1. The molecule has 134 valence electrons. The van der Waals surface area contributed by atoms with Crippen molar-refractivity contribution < 1.29 is 13.2 Å². The molecule has 0 unspecified atom stereocenters. The van der Waals surface area contributed by atoms with E-state index in [4.69, 9.17) is 5.41 Å². The van der Waals surface area contributed by atoms with E-state index in [-0.39, 0.29) is 11.1 Å². The Morgan fingerprint density at radius 2 is 1.88 bits per heavy atom. The summed E-state index contributed by atoms with van der Waals surface area (Å²) in [6, 6.07) is 5.49. The Morgan fingerprint density at radius 3 is 2.32 bits per heavy atom. The molecule has 25 heavy (non-hydrogen) atoms. The number of aryl methyl sites for hydroxylation is 1. The summed E-state index contributed by atoms with van der Waals surface area (Å²) in [4.78, 5) is 17.7. The van der Waals surface area contributed by atoms with Crippen molar-refractivity contribution in [3.63, 3.8) is 0 Å². The average Bonchev–Trinajstić information content (AvgIpc) is 3.39. The first-order valence-electron chi connectivity index (χ1n) is 7.72. The lowest BCUT2D eigenvalue weighted by atomic mass is 10.1. The summed E-state index contributed by atoms with van der Waals surface area (Å²) >= 11 is 0. The van der Waals surface area contributed by atoms with Gasteiger partial charge in [-0.05, 0) is 43.4 Å². The summed E-state index contributed by atoms with van der Waals surface area (Å²) in [6.07, 6.45) is -0.990. The van der Waals surface area contributed by atoms with E-state index in [9.17, 15) is 18.0 Å². The topological polar surface area (TPSA) is 81.6 Å². The Hall–Kier alpha value is -2.64. The number of hydrogen-bond acceptors (Lipinski definition) is 4. The molecule has 8 heteroatoms. The molecule has 0 amide bonds. The van der Waals surface area contributed by atoms with Crippen molar-refractivity contribution in [3.8, 4) is 0 Å². The predicted molar refractivity (Wildman–Crippen MR) is 90.4 cm³/mol. The van der Waals surface area contributed by atoms with Gasteiger partial charge < -0.3 is 15.7 Å². The van der Waals surface area contributed by atoms with Crippen LogP contribution in [-0.2, 0) is 6.18 Å². The van der Waals surface area contributed by atoms with E-state index >= 15 is 0 Å². The second-order valence-electron chi connectivity index (χ2n) is 5.70. The van der Waals surface area contributed by atoms with E-state index in [0.29, 0.717) is 17.6 Å². The fraction of sp³-hybridized carbons (Fsp3) is 0.353. The monoisotopic (exact) mass is 352 g/mol. The maximum atomic E-state index is 12.1. The minimum Gasteiger partial charge on any atom is -0.372 e. The molecule has 1 aliphatic carbocycles. The number of hydrogen-bond donors (Lipinski definition) is 3. The molecule has 1 fully saturated rings. The van der Waals surface area contributed by atoms with Crippen molar-refractivity contribution in [3.05, 3.63) is 57.1 Å². The third kappa shape index (κ3) is 4.91. The Labute approximate surface area is 142 Å². The first-order valence-corrected chi connectivity index (χ1v) is 7.72. The second-order valence-corrected chi connectivity index (χ2v) is 5.70. The van der Waals surface area contributed by atoms with Gasteiger partial charge in [0.2, 0.25) is 0 Å². The number of rotatable bonds is 3. The van der Waals surface area contributed by atoms with Crippen LogP contribution in [0.4, 0.5) is 19.0 Å². The van der Waals surface area contributed by atoms with Crippen LogP contribution in [-0.4, -0.2) is 23.2 Å². The van der Waals surface area contributed by atoms with E-state index < -0.39 is 11.7 Å². The summed E-state index contributed by atoms with van der Waals surface area (Å²) in [5, 5.41) is 9.72. The van der Waals surface area contributed by atoms with Crippen molar-refractivity contribution in [1.82, 2.24) is 9.97 Å². The predicted octanol–water partition coefficient (Wildman–Crippen LogP) is 3.70. The molecule has 0 atom stereocenters. The van der Waals surface area contributed by atoms with Gasteiger partial charge in [-0.25, -0.2) is 4.98 Å². The molecule has 0 saturated heterocycles. The summed E-state index contributed by atoms with van der Waals surface area (Å²) in [7, 11) is 1.66. The molecule has 1 aromatic heterocycles. The van der Waals surface area contributed by atoms with Crippen LogP contribution < -0.4 is 10.9 Å². The molecule has 0 aliphatic heterocycles. The first-order chi connectivity index (χ1) is 11.8. The lowest BCUT2D eigenvalue weighted by molar-refractivity contribution is -0.137. The van der Waals surface area contributed by atoms with Crippen molar-refractivity contribution in [2.45, 2.75) is 31.9 Å². The molecule has 0 spiro atoms. The van der Waals surface area contributed by atoms with Gasteiger partial charge in [0.25, 0.3) is 5.56 Å². The molecule has 1 heterocycles. The van der Waals surface area contributed by atoms with Gasteiger partial charge in [0.1, 0.15) is 11.6 Å². The quantitative estimate of drug-likeness (QED) is 0.737. The second kappa shape index (κ2) is 7.50. The maximum Gasteiger partial charge on any atom is 0.416 e. The fourth-order valence-corrected chi connectivity index (χ4v) is 2.28. The van der Waals surface area contributed by atoms with Crippen LogP contribution in [0.15, 0.2) is 29.1 Å². The minimum absolute atomic E-state index is 0.253. The highest BCUT2D eigenvalue weighted by molar-refractivity contribution is 5.83. The number of aromatic nitrogens is 2. The fourth-order valence-electron chi connectivity index (χ4n) is 2.28. The zero-order valence-corrected chi connectivity index (χ0v) is 13.9. The molecule has 5 nitrogen and oxygen atoms in total. The molecule has 0 bridgehead atoms. The molecular formula is C17H19F3N4O. The SMILES string of the molecule is CNc1nc(C)[nH]c(=O)c1C=N.FC(F)(F)c1ccc(C2CC2)cc1. The van der Waals surface area contributed by atoms with Crippen LogP contribution in [0.25, 0.3) is 0 Å². The smallest absolute Gasteiger partial charge is 0.372 e. The zero-order chi connectivity index (χ0) is 18.6. The Balaban J connectivity index is 0.000000181. The highest BCUT2D eigenvalue weighted by Crippen LogP contribution is 2.40. The largest absolute Gasteiger partial charge is 0.416 e. The number of nitrogens with zero attached hydrogens (tertiary/aromatic N) is 1. The van der Waals surface area contributed by atoms with E-state index in [0.717, 1.165) is 36.8 Å². The van der Waals surface area contributed by atoms with Crippen molar-refractivity contribution in [1.29, 1.82) is 5.41 Å². The van der Waals surface area contributed by atoms with Crippen LogP contribution >= 0.6 is 0 Å². The lowest BCUT2D eigenvalue weighted by Gasteiger charge is -2.06. The third-order valence-electron chi connectivity index (χ3n) is 3.74. The maximum absolute atomic E-state index is 12.1. The van der Waals surface area contributed by atoms with Crippen molar-refractivity contribution >= 4 is 12.0 Å². The minimum atomic E-state index is -4.21. The van der Waals surface area contributed by atoms with Gasteiger partial charge in [0.05, 0.1) is 11.1 Å². The van der Waals surface area contributed by atoms with Crippen LogP contribution in [0.2, 0.25) is 0 Å². The van der Waals surface area contributed by atoms with Crippen LogP contribution in [0.5, 0.6) is 0 Å². The van der Waals surface area contributed by atoms with E-state index in [2.05, 4.69) is 15.3 Å². The molecule has 2 aromatic rings. The van der Waals surface area contributed by atoms with Gasteiger partial charge in [0, 0.05) is 13.3 Å². The van der Waals surface area contributed by atoms with Gasteiger partial charge in [-0.1, -0.05) is 12.1 Å². The molecule has 1 saturated carbocycles. The average molecular weight is 352 g/mol. The van der Waals surface area contributed by atoms with Crippen LogP contribution in [0, 0.1) is 12.3 Å². The van der Waals surface area contributed by atoms with E-state index in [1.54, 1.807) is 26.1 Å². The summed E-state index contributed by atoms with van der Waals surface area (Å²) in [5.74, 6) is 1.49. The van der Waals surface area contributed by atoms with Gasteiger partial charge in [-0.3, -0.25) is 4.79 Å². The number of alkyl halides is 3. The number of aromatic amines is 1. The third-order valence-corrected chi connectivity index (χ3v) is 3.74.